The number of rotatable bonds is 5. The maximum Gasteiger partial charge on any atom is 0.255 e. The van der Waals surface area contributed by atoms with Crippen molar-refractivity contribution in [3.63, 3.8) is 0 Å². The zero-order valence-corrected chi connectivity index (χ0v) is 17.8. The Morgan fingerprint density at radius 2 is 1.81 bits per heavy atom. The highest BCUT2D eigenvalue weighted by atomic mass is 16.2. The molecule has 5 rings (SSSR count). The van der Waals surface area contributed by atoms with Crippen molar-refractivity contribution >= 4 is 23.0 Å². The summed E-state index contributed by atoms with van der Waals surface area (Å²) in [6.45, 7) is 1.78. The molecule has 0 spiro atoms. The summed E-state index contributed by atoms with van der Waals surface area (Å²) in [5, 5.41) is 0. The molecule has 160 valence electrons. The van der Waals surface area contributed by atoms with Gasteiger partial charge in [0, 0.05) is 44.8 Å². The van der Waals surface area contributed by atoms with Crippen LogP contribution < -0.4 is 0 Å². The molecule has 0 unspecified atom stereocenters. The molecule has 2 fully saturated rings. The molecule has 31 heavy (non-hydrogen) atoms. The zero-order valence-electron chi connectivity index (χ0n) is 17.8. The summed E-state index contributed by atoms with van der Waals surface area (Å²) < 4.78 is 2.10. The fourth-order valence-corrected chi connectivity index (χ4v) is 4.41. The maximum absolute atomic E-state index is 13.0. The van der Waals surface area contributed by atoms with Crippen LogP contribution in [0.3, 0.4) is 0 Å². The number of fused-ring (bicyclic) bond motifs is 1. The first-order valence-electron chi connectivity index (χ1n) is 11.0. The highest BCUT2D eigenvalue weighted by Crippen LogP contribution is 2.36. The Kier molecular flexibility index (Phi) is 5.18. The van der Waals surface area contributed by atoms with Crippen LogP contribution in [0.5, 0.6) is 0 Å². The fraction of sp³-hybridized carbons (Fsp3) is 0.417. The Hall–Kier alpha value is -3.22. The van der Waals surface area contributed by atoms with Gasteiger partial charge < -0.3 is 14.4 Å². The van der Waals surface area contributed by atoms with Gasteiger partial charge in [0.05, 0.1) is 11.9 Å². The second-order valence-electron chi connectivity index (χ2n) is 8.70. The number of imidazole rings is 1. The van der Waals surface area contributed by atoms with E-state index in [1.807, 2.05) is 54.7 Å². The average Bonchev–Trinajstić information content (AvgIpc) is 3.57. The van der Waals surface area contributed by atoms with Gasteiger partial charge in [-0.2, -0.15) is 0 Å². The molecule has 2 aromatic heterocycles. The van der Waals surface area contributed by atoms with Gasteiger partial charge in [-0.15, -0.1) is 0 Å². The highest BCUT2D eigenvalue weighted by Gasteiger charge is 2.30. The monoisotopic (exact) mass is 417 g/mol. The van der Waals surface area contributed by atoms with Crippen LogP contribution in [0.15, 0.2) is 48.9 Å². The van der Waals surface area contributed by atoms with E-state index in [1.165, 1.54) is 12.8 Å². The first-order chi connectivity index (χ1) is 15.1. The Morgan fingerprint density at radius 3 is 2.52 bits per heavy atom. The van der Waals surface area contributed by atoms with Crippen molar-refractivity contribution < 1.29 is 9.59 Å². The largest absolute Gasteiger partial charge is 0.341 e. The minimum atomic E-state index is -0.0346. The summed E-state index contributed by atoms with van der Waals surface area (Å²) in [5.74, 6) is 0.0937. The van der Waals surface area contributed by atoms with Crippen LogP contribution in [0.2, 0.25) is 0 Å². The highest BCUT2D eigenvalue weighted by molar-refractivity contribution is 5.96. The van der Waals surface area contributed by atoms with Crippen molar-refractivity contribution in [3.8, 4) is 0 Å². The quantitative estimate of drug-likeness (QED) is 0.639. The van der Waals surface area contributed by atoms with E-state index < -0.39 is 0 Å². The van der Waals surface area contributed by atoms with E-state index in [0.29, 0.717) is 44.1 Å². The molecule has 7 nitrogen and oxygen atoms in total. The molecule has 0 bridgehead atoms. The number of pyridine rings is 1. The third kappa shape index (κ3) is 4.04. The van der Waals surface area contributed by atoms with Crippen molar-refractivity contribution in [1.82, 2.24) is 24.3 Å². The summed E-state index contributed by atoms with van der Waals surface area (Å²) in [6, 6.07) is 12.4. The van der Waals surface area contributed by atoms with E-state index in [-0.39, 0.29) is 17.7 Å². The number of nitrogens with zero attached hydrogens (tertiary/aromatic N) is 5. The third-order valence-corrected chi connectivity index (χ3v) is 6.37. The molecular weight excluding hydrogens is 390 g/mol. The van der Waals surface area contributed by atoms with Crippen LogP contribution >= 0.6 is 0 Å². The van der Waals surface area contributed by atoms with E-state index in [0.717, 1.165) is 16.7 Å². The molecule has 1 aliphatic carbocycles. The molecular formula is C24H27N5O2. The van der Waals surface area contributed by atoms with Crippen molar-refractivity contribution in [2.45, 2.75) is 38.3 Å². The Labute approximate surface area is 181 Å². The fourth-order valence-electron chi connectivity index (χ4n) is 4.41. The molecule has 0 atom stereocenters. The maximum atomic E-state index is 13.0. The number of benzene rings is 1. The van der Waals surface area contributed by atoms with Crippen molar-refractivity contribution in [3.05, 3.63) is 60.0 Å². The van der Waals surface area contributed by atoms with Crippen LogP contribution in [-0.2, 0) is 11.3 Å². The van der Waals surface area contributed by atoms with Crippen LogP contribution in [0.4, 0.5) is 0 Å². The van der Waals surface area contributed by atoms with E-state index in [4.69, 9.17) is 0 Å². The van der Waals surface area contributed by atoms with Gasteiger partial charge in [0.15, 0.2) is 5.65 Å². The summed E-state index contributed by atoms with van der Waals surface area (Å²) in [6.07, 6.45) is 7.21. The predicted molar refractivity (Wildman–Crippen MR) is 117 cm³/mol. The van der Waals surface area contributed by atoms with E-state index in [2.05, 4.69) is 14.5 Å². The lowest BCUT2D eigenvalue weighted by atomic mass is 9.94. The normalized spacial score (nSPS) is 17.1. The second kappa shape index (κ2) is 8.13. The van der Waals surface area contributed by atoms with Crippen LogP contribution in [0, 0.1) is 5.92 Å². The van der Waals surface area contributed by atoms with E-state index in [9.17, 15) is 9.59 Å². The summed E-state index contributed by atoms with van der Waals surface area (Å²) in [5.41, 5.74) is 3.31. The SMILES string of the molecule is CN(Cc1ccccc1)C(=O)C1CCN(C(=O)c2cnc3c(c2)ncn3C2CC2)CC1. The number of carbonyl (C=O) groups excluding carboxylic acids is 2. The van der Waals surface area contributed by atoms with Crippen LogP contribution in [-0.4, -0.2) is 56.3 Å². The smallest absolute Gasteiger partial charge is 0.255 e. The Bertz CT molecular complexity index is 1100. The first-order valence-corrected chi connectivity index (χ1v) is 11.0. The second-order valence-corrected chi connectivity index (χ2v) is 8.70. The van der Waals surface area contributed by atoms with Gasteiger partial charge in [-0.05, 0) is 37.3 Å². The van der Waals surface area contributed by atoms with E-state index in [1.54, 1.807) is 11.1 Å². The molecule has 0 N–H and O–H groups in total. The van der Waals surface area contributed by atoms with Crippen LogP contribution in [0.25, 0.3) is 11.2 Å². The molecule has 2 amide bonds. The lowest BCUT2D eigenvalue weighted by molar-refractivity contribution is -0.136. The Morgan fingerprint density at radius 1 is 1.06 bits per heavy atom. The van der Waals surface area contributed by atoms with Gasteiger partial charge in [-0.25, -0.2) is 9.97 Å². The molecule has 1 saturated carbocycles. The predicted octanol–water partition coefficient (Wildman–Crippen LogP) is 3.28. The topological polar surface area (TPSA) is 71.3 Å². The van der Waals surface area contributed by atoms with Gasteiger partial charge in [0.25, 0.3) is 5.91 Å². The summed E-state index contributed by atoms with van der Waals surface area (Å²) >= 11 is 0. The molecule has 1 aliphatic heterocycles. The minimum Gasteiger partial charge on any atom is -0.341 e. The number of carbonyl (C=O) groups is 2. The van der Waals surface area contributed by atoms with Crippen molar-refractivity contribution in [2.75, 3.05) is 20.1 Å². The number of aromatic nitrogens is 3. The number of hydrogen-bond acceptors (Lipinski definition) is 4. The molecule has 7 heteroatoms. The van der Waals surface area contributed by atoms with E-state index >= 15 is 0 Å². The minimum absolute atomic E-state index is 0.0288. The average molecular weight is 418 g/mol. The third-order valence-electron chi connectivity index (χ3n) is 6.37. The van der Waals surface area contributed by atoms with Crippen LogP contribution in [0.1, 0.15) is 47.6 Å². The molecule has 0 radical (unpaired) electrons. The van der Waals surface area contributed by atoms with Gasteiger partial charge in [0.1, 0.15) is 5.52 Å². The summed E-state index contributed by atoms with van der Waals surface area (Å²) in [7, 11) is 1.86. The lowest BCUT2D eigenvalue weighted by Gasteiger charge is -2.33. The molecule has 1 aromatic carbocycles. The lowest BCUT2D eigenvalue weighted by Crippen LogP contribution is -2.43. The number of amides is 2. The standard InChI is InChI=1S/C24H27N5O2/c1-27(15-17-5-3-2-4-6-17)23(30)18-9-11-28(12-10-18)24(31)19-13-21-22(25-14-19)29(16-26-21)20-7-8-20/h2-6,13-14,16,18,20H,7-12,15H2,1H3. The summed E-state index contributed by atoms with van der Waals surface area (Å²) in [4.78, 5) is 38.4. The molecule has 3 heterocycles. The van der Waals surface area contributed by atoms with Crippen molar-refractivity contribution in [1.29, 1.82) is 0 Å². The number of hydrogen-bond donors (Lipinski definition) is 0. The number of piperidine rings is 1. The van der Waals surface area contributed by atoms with Gasteiger partial charge >= 0.3 is 0 Å². The number of likely N-dealkylation sites (tertiary alicyclic amines) is 1. The molecule has 2 aliphatic rings. The van der Waals surface area contributed by atoms with Gasteiger partial charge in [0.2, 0.25) is 5.91 Å². The molecule has 3 aromatic rings. The van der Waals surface area contributed by atoms with Gasteiger partial charge in [-0.1, -0.05) is 30.3 Å². The zero-order chi connectivity index (χ0) is 21.4. The van der Waals surface area contributed by atoms with Gasteiger partial charge in [-0.3, -0.25) is 9.59 Å². The first kappa shape index (κ1) is 19.7. The van der Waals surface area contributed by atoms with Crippen molar-refractivity contribution in [2.24, 2.45) is 5.92 Å². The Balaban J connectivity index is 1.19. The molecule has 1 saturated heterocycles.